The van der Waals surface area contributed by atoms with Gasteiger partial charge in [0.25, 0.3) is 0 Å². The Morgan fingerprint density at radius 2 is 1.86 bits per heavy atom. The Kier molecular flexibility index (Phi) is 3.06. The van der Waals surface area contributed by atoms with Gasteiger partial charge in [0.2, 0.25) is 5.91 Å². The predicted molar refractivity (Wildman–Crippen MR) is 76.5 cm³/mol. The standard InChI is InChI=1S/C16H22N2O3/c19-15(17-11-5-7-18-6-1-2-12(11)18)13-9-3-4-10(8-9)14(13)16(20)21/h3-4,9-14H,1-2,5-8H2,(H,17,19)(H,20,21). The van der Waals surface area contributed by atoms with Crippen LogP contribution in [-0.2, 0) is 9.59 Å². The fourth-order valence-electron chi connectivity index (χ4n) is 5.05. The highest BCUT2D eigenvalue weighted by Crippen LogP contribution is 2.48. The van der Waals surface area contributed by atoms with Crippen molar-refractivity contribution >= 4 is 11.9 Å². The molecule has 2 bridgehead atoms. The number of nitrogens with zero attached hydrogens (tertiary/aromatic N) is 1. The molecule has 5 heteroatoms. The number of nitrogens with one attached hydrogen (secondary N) is 1. The van der Waals surface area contributed by atoms with Gasteiger partial charge in [0.15, 0.2) is 0 Å². The van der Waals surface area contributed by atoms with Crippen LogP contribution in [0.2, 0.25) is 0 Å². The van der Waals surface area contributed by atoms with Crippen molar-refractivity contribution in [1.29, 1.82) is 0 Å². The topological polar surface area (TPSA) is 69.6 Å². The van der Waals surface area contributed by atoms with E-state index in [2.05, 4.69) is 10.2 Å². The molecule has 2 N–H and O–H groups in total. The van der Waals surface area contributed by atoms with Crippen LogP contribution in [0, 0.1) is 23.7 Å². The molecule has 0 spiro atoms. The molecular weight excluding hydrogens is 268 g/mol. The van der Waals surface area contributed by atoms with Crippen LogP contribution < -0.4 is 5.32 Å². The fraction of sp³-hybridized carbons (Fsp3) is 0.750. The number of hydrogen-bond donors (Lipinski definition) is 2. The van der Waals surface area contributed by atoms with Crippen LogP contribution in [0.4, 0.5) is 0 Å². The number of amides is 1. The molecule has 2 aliphatic carbocycles. The number of aliphatic carboxylic acids is 1. The molecule has 2 saturated heterocycles. The second-order valence-corrected chi connectivity index (χ2v) is 6.99. The van der Waals surface area contributed by atoms with Crippen LogP contribution in [0.1, 0.15) is 25.7 Å². The SMILES string of the molecule is O=C(O)C1C2C=CC(C2)C1C(=O)NC1CCN2CCCC12. The normalized spacial score (nSPS) is 44.2. The van der Waals surface area contributed by atoms with E-state index in [1.54, 1.807) is 0 Å². The van der Waals surface area contributed by atoms with Crippen LogP contribution in [0.3, 0.4) is 0 Å². The van der Waals surface area contributed by atoms with Crippen molar-refractivity contribution in [2.45, 2.75) is 37.8 Å². The molecule has 3 fully saturated rings. The van der Waals surface area contributed by atoms with Gasteiger partial charge in [-0.05, 0) is 44.1 Å². The zero-order valence-electron chi connectivity index (χ0n) is 12.1. The number of carboxylic acid groups (broad SMARTS) is 1. The van der Waals surface area contributed by atoms with Crippen molar-refractivity contribution in [2.75, 3.05) is 13.1 Å². The molecule has 0 aromatic carbocycles. The summed E-state index contributed by atoms with van der Waals surface area (Å²) >= 11 is 0. The van der Waals surface area contributed by atoms with Crippen LogP contribution in [0.15, 0.2) is 12.2 Å². The largest absolute Gasteiger partial charge is 0.481 e. The fourth-order valence-corrected chi connectivity index (χ4v) is 5.05. The summed E-state index contributed by atoms with van der Waals surface area (Å²) < 4.78 is 0. The molecule has 0 aromatic heterocycles. The number of allylic oxidation sites excluding steroid dienone is 2. The smallest absolute Gasteiger partial charge is 0.307 e. The number of carbonyl (C=O) groups excluding carboxylic acids is 1. The maximum Gasteiger partial charge on any atom is 0.307 e. The third kappa shape index (κ3) is 2.01. The first kappa shape index (κ1) is 13.3. The summed E-state index contributed by atoms with van der Waals surface area (Å²) in [4.78, 5) is 26.6. The van der Waals surface area contributed by atoms with E-state index in [9.17, 15) is 14.7 Å². The number of hydrogen-bond acceptors (Lipinski definition) is 3. The van der Waals surface area contributed by atoms with E-state index >= 15 is 0 Å². The van der Waals surface area contributed by atoms with Crippen molar-refractivity contribution in [2.24, 2.45) is 23.7 Å². The van der Waals surface area contributed by atoms with Gasteiger partial charge in [0.1, 0.15) is 0 Å². The number of rotatable bonds is 3. The molecular formula is C16H22N2O3. The summed E-state index contributed by atoms with van der Waals surface area (Å²) in [6, 6.07) is 0.698. The molecule has 6 atom stereocenters. The van der Waals surface area contributed by atoms with Crippen molar-refractivity contribution in [3.8, 4) is 0 Å². The molecule has 4 aliphatic rings. The van der Waals surface area contributed by atoms with Gasteiger partial charge >= 0.3 is 5.97 Å². The maximum atomic E-state index is 12.7. The van der Waals surface area contributed by atoms with Gasteiger partial charge in [-0.1, -0.05) is 12.2 Å². The Hall–Kier alpha value is -1.36. The molecule has 1 saturated carbocycles. The van der Waals surface area contributed by atoms with Crippen molar-refractivity contribution in [3.05, 3.63) is 12.2 Å². The van der Waals surface area contributed by atoms with Crippen LogP contribution in [-0.4, -0.2) is 47.1 Å². The Bertz CT molecular complexity index is 504. The minimum absolute atomic E-state index is 0.0296. The van der Waals surface area contributed by atoms with Crippen LogP contribution in [0.5, 0.6) is 0 Å². The second kappa shape index (κ2) is 4.83. The van der Waals surface area contributed by atoms with Crippen molar-refractivity contribution < 1.29 is 14.7 Å². The summed E-state index contributed by atoms with van der Waals surface area (Å²) in [6.07, 6.45) is 8.24. The molecule has 1 amide bonds. The van der Waals surface area contributed by atoms with E-state index in [0.717, 1.165) is 32.4 Å². The average molecular weight is 290 g/mol. The third-order valence-electron chi connectivity index (χ3n) is 5.98. The molecule has 21 heavy (non-hydrogen) atoms. The summed E-state index contributed by atoms with van der Waals surface area (Å²) in [5, 5.41) is 12.6. The summed E-state index contributed by atoms with van der Waals surface area (Å²) in [5.74, 6) is -1.57. The van der Waals surface area contributed by atoms with Gasteiger partial charge in [-0.25, -0.2) is 0 Å². The highest BCUT2D eigenvalue weighted by molar-refractivity contribution is 5.87. The monoisotopic (exact) mass is 290 g/mol. The second-order valence-electron chi connectivity index (χ2n) is 6.99. The lowest BCUT2D eigenvalue weighted by molar-refractivity contribution is -0.148. The van der Waals surface area contributed by atoms with E-state index in [1.807, 2.05) is 12.2 Å². The lowest BCUT2D eigenvalue weighted by Gasteiger charge is -2.27. The number of fused-ring (bicyclic) bond motifs is 3. The Morgan fingerprint density at radius 1 is 1.10 bits per heavy atom. The first-order chi connectivity index (χ1) is 10.1. The lowest BCUT2D eigenvalue weighted by atomic mass is 9.82. The zero-order chi connectivity index (χ0) is 14.6. The zero-order valence-corrected chi connectivity index (χ0v) is 12.1. The van der Waals surface area contributed by atoms with Crippen LogP contribution in [0.25, 0.3) is 0 Å². The van der Waals surface area contributed by atoms with Crippen molar-refractivity contribution in [1.82, 2.24) is 10.2 Å². The van der Waals surface area contributed by atoms with E-state index < -0.39 is 11.9 Å². The molecule has 0 radical (unpaired) electrons. The highest BCUT2D eigenvalue weighted by atomic mass is 16.4. The third-order valence-corrected chi connectivity index (χ3v) is 5.98. The maximum absolute atomic E-state index is 12.7. The van der Waals surface area contributed by atoms with Crippen LogP contribution >= 0.6 is 0 Å². The number of carboxylic acids is 1. The molecule has 2 aliphatic heterocycles. The Labute approximate surface area is 124 Å². The molecule has 114 valence electrons. The van der Waals surface area contributed by atoms with Gasteiger partial charge < -0.3 is 10.4 Å². The first-order valence-electron chi connectivity index (χ1n) is 8.10. The lowest BCUT2D eigenvalue weighted by Crippen LogP contribution is -2.48. The van der Waals surface area contributed by atoms with E-state index in [0.29, 0.717) is 6.04 Å². The van der Waals surface area contributed by atoms with E-state index in [-0.39, 0.29) is 29.7 Å². The minimum Gasteiger partial charge on any atom is -0.481 e. The minimum atomic E-state index is -0.819. The average Bonchev–Trinajstić information content (AvgIpc) is 3.18. The van der Waals surface area contributed by atoms with Gasteiger partial charge in [0.05, 0.1) is 11.8 Å². The van der Waals surface area contributed by atoms with Gasteiger partial charge in [-0.15, -0.1) is 0 Å². The molecule has 4 rings (SSSR count). The van der Waals surface area contributed by atoms with Gasteiger partial charge in [0, 0.05) is 18.6 Å². The molecule has 2 heterocycles. The Balaban J connectivity index is 1.47. The molecule has 0 aromatic rings. The summed E-state index contributed by atoms with van der Waals surface area (Å²) in [5.41, 5.74) is 0. The quantitative estimate of drug-likeness (QED) is 0.757. The van der Waals surface area contributed by atoms with Gasteiger partial charge in [-0.2, -0.15) is 0 Å². The molecule has 6 unspecified atom stereocenters. The first-order valence-corrected chi connectivity index (χ1v) is 8.10. The number of carbonyl (C=O) groups is 2. The van der Waals surface area contributed by atoms with E-state index in [1.165, 1.54) is 6.42 Å². The van der Waals surface area contributed by atoms with Gasteiger partial charge in [-0.3, -0.25) is 14.5 Å². The summed E-state index contributed by atoms with van der Waals surface area (Å²) in [6.45, 7) is 2.21. The van der Waals surface area contributed by atoms with Crippen molar-refractivity contribution in [3.63, 3.8) is 0 Å². The highest BCUT2D eigenvalue weighted by Gasteiger charge is 2.52. The summed E-state index contributed by atoms with van der Waals surface area (Å²) in [7, 11) is 0. The predicted octanol–water partition coefficient (Wildman–Crippen LogP) is 0.862. The Morgan fingerprint density at radius 3 is 2.62 bits per heavy atom. The van der Waals surface area contributed by atoms with E-state index in [4.69, 9.17) is 0 Å². The molecule has 5 nitrogen and oxygen atoms in total.